The first-order valence-corrected chi connectivity index (χ1v) is 9.67. The van der Waals surface area contributed by atoms with Gasteiger partial charge in [-0.1, -0.05) is 22.9 Å². The quantitative estimate of drug-likeness (QED) is 0.582. The molecule has 0 atom stereocenters. The zero-order valence-corrected chi connectivity index (χ0v) is 16.8. The summed E-state index contributed by atoms with van der Waals surface area (Å²) in [5.41, 5.74) is 1.00. The number of benzene rings is 2. The van der Waals surface area contributed by atoms with Crippen molar-refractivity contribution in [3.05, 3.63) is 63.3 Å². The molecule has 0 aliphatic carbocycles. The SMILES string of the molecule is COc1ccc(NC(=O)CCc2nnc(C(=O)Nc3ccc(F)cc3)s2)cc1Cl. The van der Waals surface area contributed by atoms with Crippen molar-refractivity contribution in [3.8, 4) is 5.75 Å². The molecule has 2 aromatic carbocycles. The third-order valence-electron chi connectivity index (χ3n) is 3.76. The van der Waals surface area contributed by atoms with E-state index in [1.807, 2.05) is 0 Å². The number of rotatable bonds is 7. The van der Waals surface area contributed by atoms with Gasteiger partial charge in [-0.2, -0.15) is 0 Å². The lowest BCUT2D eigenvalue weighted by atomic mass is 10.2. The summed E-state index contributed by atoms with van der Waals surface area (Å²) in [6.45, 7) is 0. The molecule has 0 saturated carbocycles. The molecule has 29 heavy (non-hydrogen) atoms. The highest BCUT2D eigenvalue weighted by Crippen LogP contribution is 2.27. The molecule has 7 nitrogen and oxygen atoms in total. The topological polar surface area (TPSA) is 93.2 Å². The van der Waals surface area contributed by atoms with Crippen molar-refractivity contribution in [2.75, 3.05) is 17.7 Å². The summed E-state index contributed by atoms with van der Waals surface area (Å²) in [6, 6.07) is 10.3. The fraction of sp³-hybridized carbons (Fsp3) is 0.158. The molecule has 1 heterocycles. The highest BCUT2D eigenvalue weighted by molar-refractivity contribution is 7.13. The smallest absolute Gasteiger partial charge is 0.286 e. The van der Waals surface area contributed by atoms with Crippen LogP contribution in [0.15, 0.2) is 42.5 Å². The van der Waals surface area contributed by atoms with Crippen LogP contribution in [0.25, 0.3) is 0 Å². The number of anilines is 2. The molecule has 0 spiro atoms. The van der Waals surface area contributed by atoms with Gasteiger partial charge in [0.25, 0.3) is 5.91 Å². The van der Waals surface area contributed by atoms with Gasteiger partial charge in [0.2, 0.25) is 10.9 Å². The average Bonchev–Trinajstić information content (AvgIpc) is 3.18. The molecule has 150 valence electrons. The largest absolute Gasteiger partial charge is 0.495 e. The zero-order valence-electron chi connectivity index (χ0n) is 15.2. The first kappa shape index (κ1) is 20.7. The average molecular weight is 435 g/mol. The third kappa shape index (κ3) is 5.72. The molecule has 0 unspecified atom stereocenters. The number of nitrogens with one attached hydrogen (secondary N) is 2. The zero-order chi connectivity index (χ0) is 20.8. The Morgan fingerprint density at radius 1 is 1.10 bits per heavy atom. The van der Waals surface area contributed by atoms with Gasteiger partial charge in [-0.3, -0.25) is 9.59 Å². The van der Waals surface area contributed by atoms with Crippen LogP contribution in [0.5, 0.6) is 5.75 Å². The number of hydrogen-bond donors (Lipinski definition) is 2. The predicted octanol–water partition coefficient (Wildman–Crippen LogP) is 4.16. The second-order valence-electron chi connectivity index (χ2n) is 5.86. The number of hydrogen-bond acceptors (Lipinski definition) is 6. The van der Waals surface area contributed by atoms with E-state index in [0.29, 0.717) is 33.6 Å². The fourth-order valence-corrected chi connectivity index (χ4v) is 3.34. The molecule has 3 rings (SSSR count). The summed E-state index contributed by atoms with van der Waals surface area (Å²) >= 11 is 7.13. The van der Waals surface area contributed by atoms with E-state index < -0.39 is 11.7 Å². The maximum atomic E-state index is 12.9. The molecule has 0 bridgehead atoms. The number of carbonyl (C=O) groups is 2. The van der Waals surface area contributed by atoms with E-state index in [4.69, 9.17) is 16.3 Å². The number of ether oxygens (including phenoxy) is 1. The summed E-state index contributed by atoms with van der Waals surface area (Å²) in [7, 11) is 1.51. The van der Waals surface area contributed by atoms with Gasteiger partial charge >= 0.3 is 0 Å². The molecule has 1 aromatic heterocycles. The van der Waals surface area contributed by atoms with Gasteiger partial charge in [0.15, 0.2) is 0 Å². The molecular formula is C19H16ClFN4O3S. The van der Waals surface area contributed by atoms with Gasteiger partial charge in [0.1, 0.15) is 16.6 Å². The molecule has 0 radical (unpaired) electrons. The number of amides is 2. The minimum atomic E-state index is -0.447. The number of halogens is 2. The minimum Gasteiger partial charge on any atom is -0.495 e. The Hall–Kier alpha value is -3.04. The summed E-state index contributed by atoms with van der Waals surface area (Å²) < 4.78 is 18.0. The summed E-state index contributed by atoms with van der Waals surface area (Å²) in [6.07, 6.45) is 0.495. The maximum absolute atomic E-state index is 12.9. The Bertz CT molecular complexity index is 1030. The van der Waals surface area contributed by atoms with Gasteiger partial charge < -0.3 is 15.4 Å². The number of carbonyl (C=O) groups excluding carboxylic acids is 2. The second-order valence-corrected chi connectivity index (χ2v) is 7.33. The van der Waals surface area contributed by atoms with Crippen LogP contribution in [0, 0.1) is 5.82 Å². The van der Waals surface area contributed by atoms with E-state index >= 15 is 0 Å². The van der Waals surface area contributed by atoms with Gasteiger partial charge in [-0.25, -0.2) is 4.39 Å². The monoisotopic (exact) mass is 434 g/mol. The van der Waals surface area contributed by atoms with Crippen molar-refractivity contribution in [1.29, 1.82) is 0 Å². The number of aryl methyl sites for hydroxylation is 1. The van der Waals surface area contributed by atoms with Crippen LogP contribution in [0.2, 0.25) is 5.02 Å². The van der Waals surface area contributed by atoms with Crippen molar-refractivity contribution in [1.82, 2.24) is 10.2 Å². The van der Waals surface area contributed by atoms with Crippen molar-refractivity contribution in [2.24, 2.45) is 0 Å². The van der Waals surface area contributed by atoms with Gasteiger partial charge in [0, 0.05) is 24.2 Å². The van der Waals surface area contributed by atoms with E-state index in [1.54, 1.807) is 18.2 Å². The minimum absolute atomic E-state index is 0.159. The molecule has 0 saturated heterocycles. The highest BCUT2D eigenvalue weighted by Gasteiger charge is 2.14. The molecule has 0 fully saturated rings. The summed E-state index contributed by atoms with van der Waals surface area (Å²) in [5.74, 6) is -0.544. The molecule has 2 amide bonds. The lowest BCUT2D eigenvalue weighted by Gasteiger charge is -2.07. The Kier molecular flexibility index (Phi) is 6.73. The Morgan fingerprint density at radius 3 is 2.52 bits per heavy atom. The van der Waals surface area contributed by atoms with Crippen molar-refractivity contribution >= 4 is 46.1 Å². The number of nitrogens with zero attached hydrogens (tertiary/aromatic N) is 2. The normalized spacial score (nSPS) is 10.4. The lowest BCUT2D eigenvalue weighted by Crippen LogP contribution is -2.12. The van der Waals surface area contributed by atoms with E-state index in [2.05, 4.69) is 20.8 Å². The van der Waals surface area contributed by atoms with E-state index in [1.165, 1.54) is 31.4 Å². The molecule has 10 heteroatoms. The van der Waals surface area contributed by atoms with Crippen LogP contribution in [-0.4, -0.2) is 29.1 Å². The van der Waals surface area contributed by atoms with Crippen molar-refractivity contribution < 1.29 is 18.7 Å². The maximum Gasteiger partial charge on any atom is 0.286 e. The van der Waals surface area contributed by atoms with Crippen LogP contribution in [0.1, 0.15) is 21.2 Å². The Balaban J connectivity index is 1.52. The molecule has 3 aromatic rings. The first-order chi connectivity index (χ1) is 13.9. The molecule has 0 aliphatic heterocycles. The lowest BCUT2D eigenvalue weighted by molar-refractivity contribution is -0.116. The molecular weight excluding hydrogens is 419 g/mol. The number of methoxy groups -OCH3 is 1. The Labute approximate surface area is 174 Å². The van der Waals surface area contributed by atoms with E-state index in [-0.39, 0.29) is 17.3 Å². The van der Waals surface area contributed by atoms with E-state index in [9.17, 15) is 14.0 Å². The second kappa shape index (κ2) is 9.44. The Morgan fingerprint density at radius 2 is 1.83 bits per heavy atom. The van der Waals surface area contributed by atoms with Crippen molar-refractivity contribution in [3.63, 3.8) is 0 Å². The first-order valence-electron chi connectivity index (χ1n) is 8.47. The fourth-order valence-electron chi connectivity index (χ4n) is 2.35. The summed E-state index contributed by atoms with van der Waals surface area (Å²) in [5, 5.41) is 14.2. The van der Waals surface area contributed by atoms with Crippen LogP contribution in [0.3, 0.4) is 0 Å². The molecule has 0 aliphatic rings. The predicted molar refractivity (Wildman–Crippen MR) is 109 cm³/mol. The van der Waals surface area contributed by atoms with Crippen LogP contribution in [-0.2, 0) is 11.2 Å². The van der Waals surface area contributed by atoms with Crippen LogP contribution in [0.4, 0.5) is 15.8 Å². The summed E-state index contributed by atoms with van der Waals surface area (Å²) in [4.78, 5) is 24.3. The number of aromatic nitrogens is 2. The van der Waals surface area contributed by atoms with Gasteiger partial charge in [-0.05, 0) is 42.5 Å². The molecule has 2 N–H and O–H groups in total. The standard InChI is InChI=1S/C19H16ClFN4O3S/c1-28-15-7-6-13(10-14(15)20)22-16(26)8-9-17-24-25-19(29-17)18(27)23-12-4-2-11(21)3-5-12/h2-7,10H,8-9H2,1H3,(H,22,26)(H,23,27). The third-order valence-corrected chi connectivity index (χ3v) is 5.04. The van der Waals surface area contributed by atoms with Crippen LogP contribution >= 0.6 is 22.9 Å². The van der Waals surface area contributed by atoms with Gasteiger partial charge in [-0.15, -0.1) is 10.2 Å². The van der Waals surface area contributed by atoms with Crippen molar-refractivity contribution in [2.45, 2.75) is 12.8 Å². The van der Waals surface area contributed by atoms with E-state index in [0.717, 1.165) is 11.3 Å². The van der Waals surface area contributed by atoms with Gasteiger partial charge in [0.05, 0.1) is 12.1 Å². The van der Waals surface area contributed by atoms with Crippen LogP contribution < -0.4 is 15.4 Å². The highest BCUT2D eigenvalue weighted by atomic mass is 35.5.